The fourth-order valence-electron chi connectivity index (χ4n) is 4.05. The highest BCUT2D eigenvalue weighted by Gasteiger charge is 2.39. The molecule has 0 unspecified atom stereocenters. The fraction of sp³-hybridized carbons (Fsp3) is 0.250. The van der Waals surface area contributed by atoms with Gasteiger partial charge in [0.15, 0.2) is 0 Å². The van der Waals surface area contributed by atoms with Crippen molar-refractivity contribution in [1.82, 2.24) is 0 Å². The summed E-state index contributed by atoms with van der Waals surface area (Å²) in [6.45, 7) is 2.10. The highest BCUT2D eigenvalue weighted by molar-refractivity contribution is 5.90. The number of aromatic carboxylic acids is 1. The highest BCUT2D eigenvalue weighted by Crippen LogP contribution is 2.50. The van der Waals surface area contributed by atoms with Gasteiger partial charge in [0, 0.05) is 11.6 Å². The Hall–Kier alpha value is -2.55. The monoisotopic (exact) mass is 305 g/mol. The average molecular weight is 305 g/mol. The average Bonchev–Trinajstić information content (AvgIpc) is 3.04. The third-order valence-corrected chi connectivity index (χ3v) is 5.13. The summed E-state index contributed by atoms with van der Waals surface area (Å²) in [7, 11) is 0. The van der Waals surface area contributed by atoms with Gasteiger partial charge in [0.1, 0.15) is 0 Å². The molecule has 0 fully saturated rings. The van der Waals surface area contributed by atoms with Gasteiger partial charge < -0.3 is 10.4 Å². The number of anilines is 1. The van der Waals surface area contributed by atoms with E-state index in [0.29, 0.717) is 17.4 Å². The molecule has 3 nitrogen and oxygen atoms in total. The van der Waals surface area contributed by atoms with Gasteiger partial charge >= 0.3 is 5.97 Å². The Morgan fingerprint density at radius 1 is 1.13 bits per heavy atom. The molecule has 3 heteroatoms. The van der Waals surface area contributed by atoms with E-state index in [0.717, 1.165) is 17.7 Å². The lowest BCUT2D eigenvalue weighted by Crippen LogP contribution is -2.30. The van der Waals surface area contributed by atoms with Gasteiger partial charge in [-0.15, -0.1) is 0 Å². The molecule has 2 aromatic carbocycles. The maximum absolute atomic E-state index is 11.6. The van der Waals surface area contributed by atoms with Crippen LogP contribution in [-0.4, -0.2) is 11.1 Å². The predicted molar refractivity (Wildman–Crippen MR) is 90.9 cm³/mol. The summed E-state index contributed by atoms with van der Waals surface area (Å²) in [6, 6.07) is 13.8. The van der Waals surface area contributed by atoms with Crippen LogP contribution in [0.1, 0.15) is 45.4 Å². The highest BCUT2D eigenvalue weighted by atomic mass is 16.4. The molecule has 0 spiro atoms. The van der Waals surface area contributed by atoms with Crippen LogP contribution in [0.25, 0.3) is 0 Å². The molecule has 0 radical (unpaired) electrons. The van der Waals surface area contributed by atoms with Crippen molar-refractivity contribution >= 4 is 11.7 Å². The Kier molecular flexibility index (Phi) is 3.22. The summed E-state index contributed by atoms with van der Waals surface area (Å²) in [5.74, 6) is -0.136. The van der Waals surface area contributed by atoms with E-state index in [1.54, 1.807) is 12.1 Å². The number of hydrogen-bond donors (Lipinski definition) is 2. The maximum Gasteiger partial charge on any atom is 0.336 e. The van der Waals surface area contributed by atoms with Gasteiger partial charge in [-0.2, -0.15) is 0 Å². The summed E-state index contributed by atoms with van der Waals surface area (Å²) < 4.78 is 0. The maximum atomic E-state index is 11.6. The van der Waals surface area contributed by atoms with E-state index in [1.165, 1.54) is 11.1 Å². The second-order valence-corrected chi connectivity index (χ2v) is 6.41. The van der Waals surface area contributed by atoms with Gasteiger partial charge in [0.25, 0.3) is 0 Å². The Bertz CT molecular complexity index is 809. The van der Waals surface area contributed by atoms with E-state index in [-0.39, 0.29) is 6.04 Å². The van der Waals surface area contributed by atoms with Gasteiger partial charge in [-0.3, -0.25) is 0 Å². The summed E-state index contributed by atoms with van der Waals surface area (Å²) in [5.41, 5.74) is 4.97. The van der Waals surface area contributed by atoms with E-state index in [1.807, 2.05) is 12.1 Å². The van der Waals surface area contributed by atoms with Crippen molar-refractivity contribution in [1.29, 1.82) is 0 Å². The number of carbonyl (C=O) groups is 1. The molecule has 0 amide bonds. The standard InChI is InChI=1S/C20H19NO2/c1-12-6-4-10-14-13-9-5-11-15(13)19(21-18(12)14)16-7-2-3-8-17(16)20(22)23/h2-10,13,15,19,21H,11H2,1H3,(H,22,23)/t13-,15+,19-/m0/s1. The van der Waals surface area contributed by atoms with Crippen molar-refractivity contribution in [3.8, 4) is 0 Å². The molecule has 116 valence electrons. The first-order valence-corrected chi connectivity index (χ1v) is 8.01. The van der Waals surface area contributed by atoms with Crippen LogP contribution in [-0.2, 0) is 0 Å². The Morgan fingerprint density at radius 3 is 2.74 bits per heavy atom. The summed E-state index contributed by atoms with van der Waals surface area (Å²) in [5, 5.41) is 13.2. The first-order valence-electron chi connectivity index (χ1n) is 8.01. The summed E-state index contributed by atoms with van der Waals surface area (Å²) in [6.07, 6.45) is 5.48. The van der Waals surface area contributed by atoms with Crippen LogP contribution in [0.2, 0.25) is 0 Å². The number of benzene rings is 2. The molecular weight excluding hydrogens is 286 g/mol. The summed E-state index contributed by atoms with van der Waals surface area (Å²) in [4.78, 5) is 11.6. The minimum atomic E-state index is -0.861. The molecule has 23 heavy (non-hydrogen) atoms. The number of fused-ring (bicyclic) bond motifs is 3. The van der Waals surface area contributed by atoms with E-state index < -0.39 is 5.97 Å². The van der Waals surface area contributed by atoms with Crippen LogP contribution >= 0.6 is 0 Å². The number of nitrogens with one attached hydrogen (secondary N) is 1. The molecule has 2 aromatic rings. The number of allylic oxidation sites excluding steroid dienone is 2. The zero-order valence-electron chi connectivity index (χ0n) is 13.0. The van der Waals surface area contributed by atoms with Crippen molar-refractivity contribution < 1.29 is 9.90 Å². The lowest BCUT2D eigenvalue weighted by molar-refractivity contribution is 0.0694. The zero-order valence-corrected chi connectivity index (χ0v) is 13.0. The third kappa shape index (κ3) is 2.15. The fourth-order valence-corrected chi connectivity index (χ4v) is 4.05. The van der Waals surface area contributed by atoms with E-state index in [2.05, 4.69) is 42.6 Å². The lowest BCUT2D eigenvalue weighted by Gasteiger charge is -2.38. The quantitative estimate of drug-likeness (QED) is 0.802. The first-order chi connectivity index (χ1) is 11.2. The molecule has 1 heterocycles. The zero-order chi connectivity index (χ0) is 16.0. The second-order valence-electron chi connectivity index (χ2n) is 6.41. The van der Waals surface area contributed by atoms with Crippen LogP contribution in [0.3, 0.4) is 0 Å². The summed E-state index contributed by atoms with van der Waals surface area (Å²) >= 11 is 0. The lowest BCUT2D eigenvalue weighted by atomic mass is 9.75. The number of aryl methyl sites for hydroxylation is 1. The topological polar surface area (TPSA) is 49.3 Å². The third-order valence-electron chi connectivity index (χ3n) is 5.13. The minimum Gasteiger partial charge on any atom is -0.478 e. The van der Waals surface area contributed by atoms with Crippen LogP contribution in [0.4, 0.5) is 5.69 Å². The number of carboxylic acid groups (broad SMARTS) is 1. The number of para-hydroxylation sites is 1. The largest absolute Gasteiger partial charge is 0.478 e. The van der Waals surface area contributed by atoms with Gasteiger partial charge in [0.2, 0.25) is 0 Å². The van der Waals surface area contributed by atoms with E-state index >= 15 is 0 Å². The number of carboxylic acids is 1. The number of rotatable bonds is 2. The molecule has 0 saturated carbocycles. The van der Waals surface area contributed by atoms with Crippen LogP contribution < -0.4 is 5.32 Å². The molecule has 4 rings (SSSR count). The molecule has 0 aromatic heterocycles. The van der Waals surface area contributed by atoms with E-state index in [4.69, 9.17) is 0 Å². The van der Waals surface area contributed by atoms with Crippen LogP contribution in [0, 0.1) is 12.8 Å². The second kappa shape index (κ2) is 5.27. The van der Waals surface area contributed by atoms with Crippen LogP contribution in [0.15, 0.2) is 54.6 Å². The van der Waals surface area contributed by atoms with Crippen molar-refractivity contribution in [3.05, 3.63) is 76.9 Å². The van der Waals surface area contributed by atoms with Gasteiger partial charge in [-0.25, -0.2) is 4.79 Å². The van der Waals surface area contributed by atoms with Crippen molar-refractivity contribution in [2.75, 3.05) is 5.32 Å². The normalized spacial score (nSPS) is 24.7. The molecule has 3 atom stereocenters. The molecule has 2 N–H and O–H groups in total. The molecule has 0 bridgehead atoms. The molecule has 2 aliphatic rings. The predicted octanol–water partition coefficient (Wildman–Crippen LogP) is 4.52. The Balaban J connectivity index is 1.86. The van der Waals surface area contributed by atoms with E-state index in [9.17, 15) is 9.90 Å². The van der Waals surface area contributed by atoms with Crippen LogP contribution in [0.5, 0.6) is 0 Å². The molecule has 1 aliphatic heterocycles. The van der Waals surface area contributed by atoms with Gasteiger partial charge in [-0.05, 0) is 42.0 Å². The first kappa shape index (κ1) is 14.1. The SMILES string of the molecule is Cc1cccc2c1N[C@H](c1ccccc1C(=O)O)[C@@H]1CC=C[C@@H]21. The smallest absolute Gasteiger partial charge is 0.336 e. The van der Waals surface area contributed by atoms with Gasteiger partial charge in [0.05, 0.1) is 11.6 Å². The van der Waals surface area contributed by atoms with Crippen molar-refractivity contribution in [2.45, 2.75) is 25.3 Å². The number of hydrogen-bond acceptors (Lipinski definition) is 2. The molecular formula is C20H19NO2. The van der Waals surface area contributed by atoms with Crippen molar-refractivity contribution in [3.63, 3.8) is 0 Å². The Labute approximate surface area is 135 Å². The molecule has 1 aliphatic carbocycles. The van der Waals surface area contributed by atoms with Gasteiger partial charge in [-0.1, -0.05) is 48.6 Å². The minimum absolute atomic E-state index is 0.0240. The Morgan fingerprint density at radius 2 is 1.91 bits per heavy atom. The molecule has 0 saturated heterocycles. The van der Waals surface area contributed by atoms with Crippen molar-refractivity contribution in [2.24, 2.45) is 5.92 Å².